The number of hydrogen-bond acceptors (Lipinski definition) is 3. The lowest BCUT2D eigenvalue weighted by Crippen LogP contribution is -2.25. The van der Waals surface area contributed by atoms with Crippen LogP contribution in [0, 0.1) is 5.92 Å². The molecule has 1 aliphatic carbocycles. The van der Waals surface area contributed by atoms with Crippen molar-refractivity contribution in [2.75, 3.05) is 0 Å². The quantitative estimate of drug-likeness (QED) is 0.415. The summed E-state index contributed by atoms with van der Waals surface area (Å²) in [6.07, 6.45) is 5.16. The summed E-state index contributed by atoms with van der Waals surface area (Å²) < 4.78 is 0.225. The average molecular weight is 194 g/mol. The van der Waals surface area contributed by atoms with Crippen molar-refractivity contribution in [3.8, 4) is 0 Å². The highest BCUT2D eigenvalue weighted by atomic mass is 32.2. The van der Waals surface area contributed by atoms with Crippen LogP contribution in [-0.4, -0.2) is 9.83 Å². The molecular formula is C7H14S3. The van der Waals surface area contributed by atoms with E-state index >= 15 is 0 Å². The smallest absolute Gasteiger partial charge is 0.0480 e. The van der Waals surface area contributed by atoms with Crippen LogP contribution in [-0.2, 0) is 0 Å². The van der Waals surface area contributed by atoms with E-state index in [1.54, 1.807) is 0 Å². The van der Waals surface area contributed by atoms with Crippen LogP contribution >= 0.6 is 37.9 Å². The lowest BCUT2D eigenvalue weighted by Gasteiger charge is -2.29. The standard InChI is InChI=1S/C7H14S3/c8-6-4-2-1-3-5(6)7(9)10/h5-10H,1-4H2. The molecule has 0 aromatic heterocycles. The van der Waals surface area contributed by atoms with Crippen molar-refractivity contribution < 1.29 is 0 Å². The third-order valence-corrected chi connectivity index (χ3v) is 3.57. The minimum Gasteiger partial charge on any atom is -0.176 e. The van der Waals surface area contributed by atoms with E-state index in [9.17, 15) is 0 Å². The summed E-state index contributed by atoms with van der Waals surface area (Å²) >= 11 is 13.1. The highest BCUT2D eigenvalue weighted by molar-refractivity contribution is 7.99. The topological polar surface area (TPSA) is 0 Å². The molecule has 0 nitrogen and oxygen atoms in total. The fourth-order valence-electron chi connectivity index (χ4n) is 1.49. The molecule has 0 aromatic carbocycles. The van der Waals surface area contributed by atoms with Gasteiger partial charge in [-0.2, -0.15) is 37.9 Å². The van der Waals surface area contributed by atoms with Gasteiger partial charge in [-0.3, -0.25) is 0 Å². The van der Waals surface area contributed by atoms with E-state index in [1.807, 2.05) is 0 Å². The summed E-state index contributed by atoms with van der Waals surface area (Å²) in [5.41, 5.74) is 0. The number of hydrogen-bond donors (Lipinski definition) is 3. The van der Waals surface area contributed by atoms with Crippen LogP contribution in [0.2, 0.25) is 0 Å². The van der Waals surface area contributed by atoms with Gasteiger partial charge in [-0.1, -0.05) is 12.8 Å². The lowest BCUT2D eigenvalue weighted by molar-refractivity contribution is 0.396. The molecule has 0 N–H and O–H groups in total. The Balaban J connectivity index is 2.40. The molecule has 1 rings (SSSR count). The van der Waals surface area contributed by atoms with Gasteiger partial charge in [0.15, 0.2) is 0 Å². The Bertz CT molecular complexity index is 103. The normalized spacial score (nSPS) is 34.8. The van der Waals surface area contributed by atoms with Crippen molar-refractivity contribution >= 4 is 37.9 Å². The van der Waals surface area contributed by atoms with Crippen LogP contribution < -0.4 is 0 Å². The van der Waals surface area contributed by atoms with Crippen molar-refractivity contribution in [3.05, 3.63) is 0 Å². The van der Waals surface area contributed by atoms with Gasteiger partial charge in [0.1, 0.15) is 0 Å². The van der Waals surface area contributed by atoms with Gasteiger partial charge in [0, 0.05) is 9.83 Å². The van der Waals surface area contributed by atoms with Gasteiger partial charge >= 0.3 is 0 Å². The molecule has 1 fully saturated rings. The molecular weight excluding hydrogens is 180 g/mol. The molecule has 0 radical (unpaired) electrons. The molecule has 2 atom stereocenters. The van der Waals surface area contributed by atoms with E-state index in [-0.39, 0.29) is 4.58 Å². The Morgan fingerprint density at radius 2 is 1.70 bits per heavy atom. The van der Waals surface area contributed by atoms with Gasteiger partial charge in [-0.15, -0.1) is 0 Å². The van der Waals surface area contributed by atoms with Crippen LogP contribution in [0.1, 0.15) is 25.7 Å². The first-order chi connectivity index (χ1) is 4.72. The fraction of sp³-hybridized carbons (Fsp3) is 1.00. The van der Waals surface area contributed by atoms with Gasteiger partial charge in [0.05, 0.1) is 0 Å². The number of thiol groups is 3. The largest absolute Gasteiger partial charge is 0.176 e. The molecule has 0 amide bonds. The summed E-state index contributed by atoms with van der Waals surface area (Å²) in [7, 11) is 0. The molecule has 0 aromatic rings. The van der Waals surface area contributed by atoms with Gasteiger partial charge in [0.25, 0.3) is 0 Å². The molecule has 0 saturated heterocycles. The maximum Gasteiger partial charge on any atom is 0.0480 e. The summed E-state index contributed by atoms with van der Waals surface area (Å²) in [6, 6.07) is 0. The van der Waals surface area contributed by atoms with E-state index in [0.717, 1.165) is 0 Å². The van der Waals surface area contributed by atoms with Crippen molar-refractivity contribution in [1.29, 1.82) is 0 Å². The molecule has 3 heteroatoms. The van der Waals surface area contributed by atoms with Crippen molar-refractivity contribution in [2.24, 2.45) is 5.92 Å². The Hall–Kier alpha value is 1.05. The first-order valence-electron chi connectivity index (χ1n) is 3.76. The third kappa shape index (κ3) is 2.28. The maximum atomic E-state index is 4.50. The summed E-state index contributed by atoms with van der Waals surface area (Å²) in [5.74, 6) is 0.615. The number of rotatable bonds is 1. The van der Waals surface area contributed by atoms with E-state index in [2.05, 4.69) is 37.9 Å². The predicted octanol–water partition coefficient (Wildman–Crippen LogP) is 2.66. The third-order valence-electron chi connectivity index (χ3n) is 2.16. The van der Waals surface area contributed by atoms with Gasteiger partial charge in [0.2, 0.25) is 0 Å². The fourth-order valence-corrected chi connectivity index (χ4v) is 2.98. The molecule has 0 bridgehead atoms. The van der Waals surface area contributed by atoms with Gasteiger partial charge in [-0.05, 0) is 18.8 Å². The molecule has 0 aliphatic heterocycles. The summed E-state index contributed by atoms with van der Waals surface area (Å²) in [6.45, 7) is 0. The highest BCUT2D eigenvalue weighted by Crippen LogP contribution is 2.33. The Morgan fingerprint density at radius 3 is 2.10 bits per heavy atom. The van der Waals surface area contributed by atoms with E-state index < -0.39 is 0 Å². The maximum absolute atomic E-state index is 4.50. The molecule has 1 saturated carbocycles. The predicted molar refractivity (Wildman–Crippen MR) is 56.5 cm³/mol. The van der Waals surface area contributed by atoms with E-state index in [4.69, 9.17) is 0 Å². The second-order valence-corrected chi connectivity index (χ2v) is 5.11. The first-order valence-corrected chi connectivity index (χ1v) is 5.31. The second-order valence-electron chi connectivity index (χ2n) is 2.93. The molecule has 0 spiro atoms. The Labute approximate surface area is 79.4 Å². The zero-order chi connectivity index (χ0) is 7.56. The van der Waals surface area contributed by atoms with Crippen molar-refractivity contribution in [2.45, 2.75) is 35.5 Å². The minimum absolute atomic E-state index is 0.225. The van der Waals surface area contributed by atoms with Crippen LogP contribution in [0.4, 0.5) is 0 Å². The van der Waals surface area contributed by atoms with E-state index in [1.165, 1.54) is 25.7 Å². The van der Waals surface area contributed by atoms with E-state index in [0.29, 0.717) is 11.2 Å². The summed E-state index contributed by atoms with van der Waals surface area (Å²) in [5, 5.41) is 0.536. The monoisotopic (exact) mass is 194 g/mol. The molecule has 0 heterocycles. The average Bonchev–Trinajstić information content (AvgIpc) is 1.88. The minimum atomic E-state index is 0.225. The molecule has 2 unspecified atom stereocenters. The summed E-state index contributed by atoms with van der Waals surface area (Å²) in [4.78, 5) is 0. The second kappa shape index (κ2) is 4.17. The van der Waals surface area contributed by atoms with Crippen LogP contribution in [0.25, 0.3) is 0 Å². The van der Waals surface area contributed by atoms with Crippen molar-refractivity contribution in [1.82, 2.24) is 0 Å². The van der Waals surface area contributed by atoms with Crippen LogP contribution in [0.15, 0.2) is 0 Å². The van der Waals surface area contributed by atoms with Gasteiger partial charge < -0.3 is 0 Å². The lowest BCUT2D eigenvalue weighted by atomic mass is 9.90. The van der Waals surface area contributed by atoms with Crippen LogP contribution in [0.3, 0.4) is 0 Å². The van der Waals surface area contributed by atoms with Gasteiger partial charge in [-0.25, -0.2) is 0 Å². The first kappa shape index (κ1) is 9.14. The zero-order valence-corrected chi connectivity index (χ0v) is 8.59. The van der Waals surface area contributed by atoms with Crippen LogP contribution in [0.5, 0.6) is 0 Å². The van der Waals surface area contributed by atoms with Crippen molar-refractivity contribution in [3.63, 3.8) is 0 Å². The molecule has 1 aliphatic rings. The Morgan fingerprint density at radius 1 is 1.10 bits per heavy atom. The highest BCUT2D eigenvalue weighted by Gasteiger charge is 2.25. The molecule has 10 heavy (non-hydrogen) atoms. The molecule has 60 valence electrons. The Kier molecular flexibility index (Phi) is 3.81. The zero-order valence-electron chi connectivity index (χ0n) is 5.90. The SMILES string of the molecule is SC(S)C1CCCCC1S.